The molecule has 106 valence electrons. The van der Waals surface area contributed by atoms with E-state index in [4.69, 9.17) is 13.3 Å². The Morgan fingerprint density at radius 2 is 1.79 bits per heavy atom. The Hall–Kier alpha value is -1.28. The third-order valence-electron chi connectivity index (χ3n) is 2.82. The van der Waals surface area contributed by atoms with Crippen LogP contribution in [-0.2, 0) is 13.3 Å². The average Bonchev–Trinajstić information content (AvgIpc) is 2.49. The minimum atomic E-state index is -2.53. The Kier molecular flexibility index (Phi) is 6.64. The van der Waals surface area contributed by atoms with Crippen molar-refractivity contribution >= 4 is 14.7 Å². The van der Waals surface area contributed by atoms with Crippen LogP contribution in [0.4, 0.5) is 0 Å². The summed E-state index contributed by atoms with van der Waals surface area (Å²) in [6.07, 6.45) is 3.92. The van der Waals surface area contributed by atoms with Crippen LogP contribution in [-0.4, -0.2) is 47.6 Å². The smallest absolute Gasteiger partial charge is 0.377 e. The molecule has 0 spiro atoms. The van der Waals surface area contributed by atoms with Gasteiger partial charge in [0.1, 0.15) is 0 Å². The van der Waals surface area contributed by atoms with Crippen LogP contribution in [0.5, 0.6) is 0 Å². The van der Waals surface area contributed by atoms with Gasteiger partial charge in [0.2, 0.25) is 0 Å². The van der Waals surface area contributed by atoms with Crippen molar-refractivity contribution in [1.29, 1.82) is 0 Å². The van der Waals surface area contributed by atoms with Crippen LogP contribution in [0.15, 0.2) is 24.5 Å². The van der Waals surface area contributed by atoms with Gasteiger partial charge < -0.3 is 18.6 Å². The number of hydrogen-bond donors (Lipinski definition) is 1. The highest BCUT2D eigenvalue weighted by Gasteiger charge is 2.36. The average molecular weight is 284 g/mol. The molecule has 0 saturated carbocycles. The van der Waals surface area contributed by atoms with Crippen LogP contribution in [0.2, 0.25) is 6.04 Å². The van der Waals surface area contributed by atoms with E-state index in [-0.39, 0.29) is 5.91 Å². The lowest BCUT2D eigenvalue weighted by atomic mass is 10.2. The predicted molar refractivity (Wildman–Crippen MR) is 72.8 cm³/mol. The highest BCUT2D eigenvalue weighted by Crippen LogP contribution is 2.14. The number of hydrogen-bond acceptors (Lipinski definition) is 5. The van der Waals surface area contributed by atoms with Gasteiger partial charge in [0.05, 0.1) is 0 Å². The summed E-state index contributed by atoms with van der Waals surface area (Å²) < 4.78 is 15.9. The van der Waals surface area contributed by atoms with Crippen molar-refractivity contribution in [3.05, 3.63) is 30.1 Å². The normalized spacial score (nSPS) is 11.3. The first kappa shape index (κ1) is 15.8. The molecule has 0 saturated heterocycles. The summed E-state index contributed by atoms with van der Waals surface area (Å²) in [6, 6.07) is 4.01. The van der Waals surface area contributed by atoms with E-state index in [1.807, 2.05) is 0 Å². The van der Waals surface area contributed by atoms with Crippen molar-refractivity contribution in [3.8, 4) is 0 Å². The fraction of sp³-hybridized carbons (Fsp3) is 0.500. The predicted octanol–water partition coefficient (Wildman–Crippen LogP) is 1.08. The Morgan fingerprint density at radius 3 is 2.32 bits per heavy atom. The Bertz CT molecular complexity index is 376. The van der Waals surface area contributed by atoms with E-state index in [2.05, 4.69) is 10.3 Å². The molecule has 0 aromatic carbocycles. The summed E-state index contributed by atoms with van der Waals surface area (Å²) >= 11 is 0. The maximum absolute atomic E-state index is 11.8. The summed E-state index contributed by atoms with van der Waals surface area (Å²) in [4.78, 5) is 15.6. The molecule has 0 atom stereocenters. The molecule has 19 heavy (non-hydrogen) atoms. The fourth-order valence-electron chi connectivity index (χ4n) is 1.67. The summed E-state index contributed by atoms with van der Waals surface area (Å²) in [7, 11) is 2.20. The zero-order valence-corrected chi connectivity index (χ0v) is 12.5. The van der Waals surface area contributed by atoms with Gasteiger partial charge in [-0.3, -0.25) is 9.78 Å². The van der Waals surface area contributed by atoms with Crippen molar-refractivity contribution in [3.63, 3.8) is 0 Å². The minimum Gasteiger partial charge on any atom is -0.377 e. The van der Waals surface area contributed by atoms with E-state index >= 15 is 0 Å². The van der Waals surface area contributed by atoms with Crippen molar-refractivity contribution in [2.45, 2.75) is 12.5 Å². The van der Waals surface area contributed by atoms with Crippen molar-refractivity contribution in [1.82, 2.24) is 10.3 Å². The summed E-state index contributed by atoms with van der Waals surface area (Å²) in [5.41, 5.74) is 0.601. The van der Waals surface area contributed by atoms with Crippen molar-refractivity contribution < 1.29 is 18.1 Å². The van der Waals surface area contributed by atoms with Crippen LogP contribution >= 0.6 is 0 Å². The SMILES string of the molecule is CO[Si](CCCNC(=O)c1ccncc1)(OC)OC. The molecule has 6 nitrogen and oxygen atoms in total. The van der Waals surface area contributed by atoms with E-state index in [0.717, 1.165) is 6.42 Å². The number of carbonyl (C=O) groups is 1. The molecule has 1 aromatic rings. The van der Waals surface area contributed by atoms with Crippen LogP contribution in [0.25, 0.3) is 0 Å². The van der Waals surface area contributed by atoms with Crippen LogP contribution in [0.3, 0.4) is 0 Å². The number of pyridine rings is 1. The van der Waals surface area contributed by atoms with Gasteiger partial charge in [-0.15, -0.1) is 0 Å². The van der Waals surface area contributed by atoms with Crippen molar-refractivity contribution in [2.24, 2.45) is 0 Å². The zero-order chi connectivity index (χ0) is 14.1. The summed E-state index contributed by atoms with van der Waals surface area (Å²) in [6.45, 7) is 0.548. The van der Waals surface area contributed by atoms with Gasteiger partial charge in [0, 0.05) is 51.9 Å². The van der Waals surface area contributed by atoms with Gasteiger partial charge in [-0.1, -0.05) is 0 Å². The van der Waals surface area contributed by atoms with Gasteiger partial charge in [0.15, 0.2) is 0 Å². The molecule has 7 heteroatoms. The van der Waals surface area contributed by atoms with E-state index < -0.39 is 8.80 Å². The van der Waals surface area contributed by atoms with E-state index in [1.54, 1.807) is 45.9 Å². The first-order chi connectivity index (χ1) is 9.17. The minimum absolute atomic E-state index is 0.109. The largest absolute Gasteiger partial charge is 0.500 e. The van der Waals surface area contributed by atoms with Crippen LogP contribution < -0.4 is 5.32 Å². The molecular weight excluding hydrogens is 264 g/mol. The number of rotatable bonds is 8. The highest BCUT2D eigenvalue weighted by atomic mass is 28.4. The first-order valence-corrected chi connectivity index (χ1v) is 7.94. The molecule has 1 amide bonds. The highest BCUT2D eigenvalue weighted by molar-refractivity contribution is 6.60. The molecule has 1 aromatic heterocycles. The van der Waals surface area contributed by atoms with E-state index in [9.17, 15) is 4.79 Å². The number of carbonyl (C=O) groups excluding carboxylic acids is 1. The van der Waals surface area contributed by atoms with Crippen LogP contribution in [0, 0.1) is 0 Å². The molecule has 0 radical (unpaired) electrons. The first-order valence-electron chi connectivity index (χ1n) is 6.01. The standard InChI is InChI=1S/C12H20N2O4Si/c1-16-19(17-2,18-3)10-4-7-14-12(15)11-5-8-13-9-6-11/h5-6,8-9H,4,7,10H2,1-3H3,(H,14,15). The summed E-state index contributed by atoms with van der Waals surface area (Å²) in [5.74, 6) is -0.109. The number of nitrogens with zero attached hydrogens (tertiary/aromatic N) is 1. The second-order valence-corrected chi connectivity index (χ2v) is 6.98. The second-order valence-electron chi connectivity index (χ2n) is 3.89. The molecular formula is C12H20N2O4Si. The van der Waals surface area contributed by atoms with Gasteiger partial charge in [-0.25, -0.2) is 0 Å². The molecule has 0 fully saturated rings. The second kappa shape index (κ2) is 8.00. The lowest BCUT2D eigenvalue weighted by Gasteiger charge is -2.24. The molecule has 1 rings (SSSR count). The van der Waals surface area contributed by atoms with Gasteiger partial charge in [0.25, 0.3) is 5.91 Å². The third kappa shape index (κ3) is 4.71. The topological polar surface area (TPSA) is 69.7 Å². The lowest BCUT2D eigenvalue weighted by molar-refractivity contribution is 0.0949. The van der Waals surface area contributed by atoms with Gasteiger partial charge >= 0.3 is 8.80 Å². The van der Waals surface area contributed by atoms with Gasteiger partial charge in [-0.2, -0.15) is 0 Å². The Labute approximate surface area is 114 Å². The Balaban J connectivity index is 2.33. The third-order valence-corrected chi connectivity index (χ3v) is 5.65. The van der Waals surface area contributed by atoms with Gasteiger partial charge in [-0.05, 0) is 18.6 Å². The summed E-state index contributed by atoms with van der Waals surface area (Å²) in [5, 5.41) is 2.83. The number of aromatic nitrogens is 1. The molecule has 0 bridgehead atoms. The molecule has 0 unspecified atom stereocenters. The lowest BCUT2D eigenvalue weighted by Crippen LogP contribution is -2.43. The monoisotopic (exact) mass is 284 g/mol. The van der Waals surface area contributed by atoms with E-state index in [0.29, 0.717) is 18.2 Å². The Morgan fingerprint density at radius 1 is 1.21 bits per heavy atom. The molecule has 0 aliphatic carbocycles. The van der Waals surface area contributed by atoms with Crippen molar-refractivity contribution in [2.75, 3.05) is 27.9 Å². The van der Waals surface area contributed by atoms with E-state index in [1.165, 1.54) is 0 Å². The molecule has 1 N–H and O–H groups in total. The zero-order valence-electron chi connectivity index (χ0n) is 11.5. The fourth-order valence-corrected chi connectivity index (χ4v) is 3.39. The molecule has 0 aliphatic heterocycles. The number of amides is 1. The quantitative estimate of drug-likeness (QED) is 0.571. The molecule has 1 heterocycles. The van der Waals surface area contributed by atoms with Crippen LogP contribution in [0.1, 0.15) is 16.8 Å². The number of nitrogens with one attached hydrogen (secondary N) is 1. The maximum Gasteiger partial charge on any atom is 0.500 e. The molecule has 0 aliphatic rings. The maximum atomic E-state index is 11.8.